The molecular weight excluding hydrogens is 622 g/mol. The van der Waals surface area contributed by atoms with Gasteiger partial charge < -0.3 is 36.5 Å². The van der Waals surface area contributed by atoms with Crippen molar-refractivity contribution in [3.05, 3.63) is 35.9 Å². The molecular formula is C38H65N5O6. The highest BCUT2D eigenvalue weighted by molar-refractivity contribution is 5.92. The Labute approximate surface area is 295 Å². The molecule has 4 amide bonds. The van der Waals surface area contributed by atoms with Crippen LogP contribution in [0.1, 0.15) is 141 Å². The maximum absolute atomic E-state index is 13.1. The first-order valence-electron chi connectivity index (χ1n) is 19.1. The molecule has 11 nitrogen and oxygen atoms in total. The van der Waals surface area contributed by atoms with Gasteiger partial charge in [0.15, 0.2) is 6.17 Å². The molecule has 2 atom stereocenters. The van der Waals surface area contributed by atoms with Crippen LogP contribution in [-0.2, 0) is 30.5 Å². The van der Waals surface area contributed by atoms with Crippen molar-refractivity contribution in [1.82, 2.24) is 21.3 Å². The molecule has 278 valence electrons. The van der Waals surface area contributed by atoms with E-state index in [4.69, 9.17) is 15.2 Å². The van der Waals surface area contributed by atoms with Crippen molar-refractivity contribution >= 4 is 23.8 Å². The average molecular weight is 688 g/mol. The Morgan fingerprint density at radius 2 is 1.31 bits per heavy atom. The summed E-state index contributed by atoms with van der Waals surface area (Å²) >= 11 is 0. The van der Waals surface area contributed by atoms with Crippen LogP contribution >= 0.6 is 0 Å². The second-order valence-corrected chi connectivity index (χ2v) is 13.4. The van der Waals surface area contributed by atoms with Gasteiger partial charge in [-0.1, -0.05) is 134 Å². The number of benzene rings is 1. The molecule has 0 spiro atoms. The van der Waals surface area contributed by atoms with Crippen LogP contribution in [-0.4, -0.2) is 61.8 Å². The molecule has 1 fully saturated rings. The lowest BCUT2D eigenvalue weighted by Crippen LogP contribution is -2.59. The molecule has 0 aliphatic heterocycles. The number of carbonyl (C=O) groups excluding carboxylic acids is 4. The highest BCUT2D eigenvalue weighted by atomic mass is 16.5. The van der Waals surface area contributed by atoms with Crippen LogP contribution in [0, 0.1) is 0 Å². The smallest absolute Gasteiger partial charge is 0.325 e. The van der Waals surface area contributed by atoms with Gasteiger partial charge in [0.05, 0.1) is 13.2 Å². The number of rotatable bonds is 24. The third-order valence-electron chi connectivity index (χ3n) is 8.92. The highest BCUT2D eigenvalue weighted by Crippen LogP contribution is 2.19. The minimum absolute atomic E-state index is 0.130. The molecule has 1 saturated carbocycles. The predicted molar refractivity (Wildman–Crippen MR) is 193 cm³/mol. The molecule has 6 N–H and O–H groups in total. The normalized spacial score (nSPS) is 15.1. The molecule has 0 heterocycles. The van der Waals surface area contributed by atoms with Crippen LogP contribution in [0.4, 0.5) is 4.79 Å². The molecule has 0 unspecified atom stereocenters. The lowest BCUT2D eigenvalue weighted by atomic mass is 10.1. The largest absolute Gasteiger partial charge is 0.461 e. The maximum Gasteiger partial charge on any atom is 0.325 e. The topological polar surface area (TPSA) is 161 Å². The molecule has 0 saturated heterocycles. The molecule has 1 aromatic carbocycles. The second kappa shape index (κ2) is 27.6. The maximum atomic E-state index is 13.1. The van der Waals surface area contributed by atoms with Crippen molar-refractivity contribution in [1.29, 1.82) is 0 Å². The van der Waals surface area contributed by atoms with Crippen molar-refractivity contribution in [2.45, 2.75) is 160 Å². The van der Waals surface area contributed by atoms with E-state index in [1.54, 1.807) is 0 Å². The van der Waals surface area contributed by atoms with Crippen molar-refractivity contribution in [2.75, 3.05) is 19.7 Å². The number of unbranched alkanes of at least 4 members (excludes halogenated alkanes) is 11. The summed E-state index contributed by atoms with van der Waals surface area (Å²) in [5, 5.41) is 10.3. The number of hydrogen-bond acceptors (Lipinski definition) is 7. The Morgan fingerprint density at radius 3 is 1.92 bits per heavy atom. The second-order valence-electron chi connectivity index (χ2n) is 13.4. The third-order valence-corrected chi connectivity index (χ3v) is 8.92. The van der Waals surface area contributed by atoms with E-state index in [2.05, 4.69) is 28.2 Å². The standard InChI is InChI=1S/C38H65N5O6/c1-2-3-4-5-6-7-8-9-10-13-16-22-27-40-38(47)42-33(30-48-29-31-23-18-17-19-24-31)36(45)43-35(39)37(46)41-28-34(44)49-32-25-20-14-11-12-15-21-26-32/h17-19,23-24,32-33,35H,2-16,20-22,25-30,39H2,1H3,(H,41,46)(H,43,45)(H2,40,42,47)/t33-,35+/m1/s1. The molecule has 1 aromatic rings. The van der Waals surface area contributed by atoms with Crippen molar-refractivity contribution in [3.63, 3.8) is 0 Å². The Kier molecular flexibility index (Phi) is 23.7. The van der Waals surface area contributed by atoms with E-state index in [1.165, 1.54) is 70.6 Å². The third kappa shape index (κ3) is 21.5. The first-order valence-corrected chi connectivity index (χ1v) is 19.1. The zero-order valence-electron chi connectivity index (χ0n) is 30.1. The van der Waals surface area contributed by atoms with Crippen LogP contribution < -0.4 is 27.0 Å². The Morgan fingerprint density at radius 1 is 0.735 bits per heavy atom. The number of amides is 4. The van der Waals surface area contributed by atoms with Gasteiger partial charge >= 0.3 is 12.0 Å². The summed E-state index contributed by atoms with van der Waals surface area (Å²) in [6.07, 6.45) is 21.5. The lowest BCUT2D eigenvalue weighted by molar-refractivity contribution is -0.149. The van der Waals surface area contributed by atoms with Crippen LogP contribution in [0.15, 0.2) is 30.3 Å². The number of nitrogens with one attached hydrogen (secondary N) is 4. The first kappa shape index (κ1) is 42.0. The van der Waals surface area contributed by atoms with Gasteiger partial charge in [-0.25, -0.2) is 4.79 Å². The fourth-order valence-electron chi connectivity index (χ4n) is 5.96. The Bertz CT molecular complexity index is 1030. The van der Waals surface area contributed by atoms with Crippen molar-refractivity contribution in [3.8, 4) is 0 Å². The van der Waals surface area contributed by atoms with E-state index in [0.29, 0.717) is 6.54 Å². The molecule has 0 radical (unpaired) electrons. The van der Waals surface area contributed by atoms with Crippen LogP contribution in [0.25, 0.3) is 0 Å². The molecule has 0 aromatic heterocycles. The zero-order valence-corrected chi connectivity index (χ0v) is 30.1. The van der Waals surface area contributed by atoms with Gasteiger partial charge in [-0.2, -0.15) is 0 Å². The van der Waals surface area contributed by atoms with Gasteiger partial charge in [0.25, 0.3) is 5.91 Å². The summed E-state index contributed by atoms with van der Waals surface area (Å²) in [6.45, 7) is 2.49. The summed E-state index contributed by atoms with van der Waals surface area (Å²) in [6, 6.07) is 7.86. The molecule has 2 rings (SSSR count). The van der Waals surface area contributed by atoms with E-state index < -0.39 is 36.0 Å². The van der Waals surface area contributed by atoms with Gasteiger partial charge in [0, 0.05) is 6.54 Å². The van der Waals surface area contributed by atoms with E-state index in [1.807, 2.05) is 30.3 Å². The Balaban J connectivity index is 1.72. The zero-order chi connectivity index (χ0) is 35.4. The fraction of sp³-hybridized carbons (Fsp3) is 0.737. The average Bonchev–Trinajstić information content (AvgIpc) is 3.23. The van der Waals surface area contributed by atoms with Crippen molar-refractivity contribution < 1.29 is 28.7 Å². The number of carbonyl (C=O) groups is 4. The number of nitrogens with two attached hydrogens (primary N) is 1. The van der Waals surface area contributed by atoms with Crippen LogP contribution in [0.2, 0.25) is 0 Å². The van der Waals surface area contributed by atoms with E-state index >= 15 is 0 Å². The number of ether oxygens (including phenoxy) is 2. The first-order chi connectivity index (χ1) is 23.9. The summed E-state index contributed by atoms with van der Waals surface area (Å²) in [5.74, 6) is -1.95. The van der Waals surface area contributed by atoms with Gasteiger partial charge in [0.2, 0.25) is 5.91 Å². The van der Waals surface area contributed by atoms with E-state index in [9.17, 15) is 19.2 Å². The summed E-state index contributed by atoms with van der Waals surface area (Å²) in [5.41, 5.74) is 6.87. The van der Waals surface area contributed by atoms with E-state index in [0.717, 1.165) is 63.4 Å². The molecule has 1 aliphatic carbocycles. The number of hydrogen-bond donors (Lipinski definition) is 5. The van der Waals surface area contributed by atoms with Crippen LogP contribution in [0.3, 0.4) is 0 Å². The quantitative estimate of drug-likeness (QED) is 0.0496. The number of urea groups is 1. The van der Waals surface area contributed by atoms with Crippen molar-refractivity contribution in [2.24, 2.45) is 5.73 Å². The minimum atomic E-state index is -1.44. The molecule has 1 aliphatic rings. The summed E-state index contributed by atoms with van der Waals surface area (Å²) in [4.78, 5) is 50.9. The highest BCUT2D eigenvalue weighted by Gasteiger charge is 2.26. The van der Waals surface area contributed by atoms with Gasteiger partial charge in [-0.3, -0.25) is 14.4 Å². The van der Waals surface area contributed by atoms with E-state index in [-0.39, 0.29) is 25.9 Å². The SMILES string of the molecule is CCCCCCCCCCCCCCNC(=O)N[C@H](COCc1ccccc1)C(=O)N[C@H](N)C(=O)NCC(=O)OC1CCCCCCCC1. The Hall–Kier alpha value is -3.18. The van der Waals surface area contributed by atoms with Gasteiger partial charge in [-0.15, -0.1) is 0 Å². The van der Waals surface area contributed by atoms with Crippen LogP contribution in [0.5, 0.6) is 0 Å². The fourth-order valence-corrected chi connectivity index (χ4v) is 5.96. The summed E-state index contributed by atoms with van der Waals surface area (Å²) in [7, 11) is 0. The molecule has 11 heteroatoms. The molecule has 0 bridgehead atoms. The monoisotopic (exact) mass is 687 g/mol. The van der Waals surface area contributed by atoms with Gasteiger partial charge in [0.1, 0.15) is 18.7 Å². The molecule has 49 heavy (non-hydrogen) atoms. The van der Waals surface area contributed by atoms with Gasteiger partial charge in [-0.05, 0) is 37.7 Å². The summed E-state index contributed by atoms with van der Waals surface area (Å²) < 4.78 is 11.3. The minimum Gasteiger partial charge on any atom is -0.461 e. The number of esters is 1. The predicted octanol–water partition coefficient (Wildman–Crippen LogP) is 6.14. The lowest BCUT2D eigenvalue weighted by Gasteiger charge is -2.21.